The highest BCUT2D eigenvalue weighted by molar-refractivity contribution is 8.02. The average molecular weight is 434 g/mol. The number of rotatable bonds is 3. The molecule has 2 aromatic rings. The standard InChI is InChI=1S/C25H27N3O2S/c29-25(27-14-17-30-18-15-27)26-12-10-20(11-13-26)22-8-4-5-9-23(22)28-16-19-31-24(28)21-6-2-1-3-7-21/h1-10,16,19,24H,11-15,17-18H2. The first-order valence-electron chi connectivity index (χ1n) is 10.9. The summed E-state index contributed by atoms with van der Waals surface area (Å²) in [6.07, 6.45) is 5.28. The second-order valence-electron chi connectivity index (χ2n) is 7.92. The predicted molar refractivity (Wildman–Crippen MR) is 127 cm³/mol. The monoisotopic (exact) mass is 433 g/mol. The van der Waals surface area contributed by atoms with Crippen LogP contribution in [0.3, 0.4) is 0 Å². The van der Waals surface area contributed by atoms with E-state index in [0.29, 0.717) is 32.8 Å². The fourth-order valence-corrected chi connectivity index (χ4v) is 5.37. The maximum atomic E-state index is 12.8. The number of para-hydroxylation sites is 1. The third kappa shape index (κ3) is 4.23. The van der Waals surface area contributed by atoms with E-state index in [1.807, 2.05) is 21.6 Å². The molecule has 1 atom stereocenters. The van der Waals surface area contributed by atoms with E-state index in [4.69, 9.17) is 4.74 Å². The van der Waals surface area contributed by atoms with Gasteiger partial charge in [-0.3, -0.25) is 0 Å². The summed E-state index contributed by atoms with van der Waals surface area (Å²) in [6.45, 7) is 4.06. The SMILES string of the molecule is O=C(N1CC=C(c2ccccc2N2C=CSC2c2ccccc2)CC1)N1CCOCC1. The highest BCUT2D eigenvalue weighted by atomic mass is 32.2. The zero-order valence-electron chi connectivity index (χ0n) is 17.5. The third-order valence-electron chi connectivity index (χ3n) is 6.06. The van der Waals surface area contributed by atoms with Crippen molar-refractivity contribution in [1.29, 1.82) is 0 Å². The number of benzene rings is 2. The Labute approximate surface area is 188 Å². The number of carbonyl (C=O) groups excluding carboxylic acids is 1. The molecule has 0 bridgehead atoms. The molecule has 0 N–H and O–H groups in total. The first kappa shape index (κ1) is 20.2. The fourth-order valence-electron chi connectivity index (χ4n) is 4.39. The van der Waals surface area contributed by atoms with Gasteiger partial charge in [-0.15, -0.1) is 11.8 Å². The van der Waals surface area contributed by atoms with E-state index in [9.17, 15) is 4.79 Å². The fraction of sp³-hybridized carbons (Fsp3) is 0.320. The molecule has 3 heterocycles. The van der Waals surface area contributed by atoms with Crippen LogP contribution in [0.15, 0.2) is 72.3 Å². The van der Waals surface area contributed by atoms with Crippen molar-refractivity contribution in [3.8, 4) is 0 Å². The summed E-state index contributed by atoms with van der Waals surface area (Å²) in [7, 11) is 0. The molecule has 1 saturated heterocycles. The number of morpholine rings is 1. The van der Waals surface area contributed by atoms with Crippen LogP contribution in [0, 0.1) is 0 Å². The molecular weight excluding hydrogens is 406 g/mol. The molecule has 3 aliphatic heterocycles. The van der Waals surface area contributed by atoms with Gasteiger partial charge in [-0.2, -0.15) is 0 Å². The molecule has 0 radical (unpaired) electrons. The van der Waals surface area contributed by atoms with Crippen LogP contribution < -0.4 is 4.90 Å². The Morgan fingerprint density at radius 2 is 1.71 bits per heavy atom. The lowest BCUT2D eigenvalue weighted by Crippen LogP contribution is -2.49. The van der Waals surface area contributed by atoms with Crippen LogP contribution in [0.25, 0.3) is 5.57 Å². The molecular formula is C25H27N3O2S. The van der Waals surface area contributed by atoms with Gasteiger partial charge in [-0.25, -0.2) is 4.79 Å². The molecule has 0 saturated carbocycles. The van der Waals surface area contributed by atoms with Gasteiger partial charge in [0.25, 0.3) is 0 Å². The molecule has 5 rings (SSSR count). The maximum Gasteiger partial charge on any atom is 0.320 e. The second-order valence-corrected chi connectivity index (χ2v) is 8.91. The summed E-state index contributed by atoms with van der Waals surface area (Å²) in [5.74, 6) is 0. The summed E-state index contributed by atoms with van der Waals surface area (Å²) in [5.41, 5.74) is 5.09. The molecule has 0 aromatic heterocycles. The van der Waals surface area contributed by atoms with E-state index >= 15 is 0 Å². The quantitative estimate of drug-likeness (QED) is 0.686. The lowest BCUT2D eigenvalue weighted by molar-refractivity contribution is 0.0441. The Bertz CT molecular complexity index is 985. The molecule has 3 aliphatic rings. The van der Waals surface area contributed by atoms with Crippen molar-refractivity contribution in [1.82, 2.24) is 9.80 Å². The van der Waals surface area contributed by atoms with Gasteiger partial charge in [0.1, 0.15) is 5.37 Å². The number of urea groups is 1. The zero-order chi connectivity index (χ0) is 21.0. The van der Waals surface area contributed by atoms with Crippen molar-refractivity contribution in [3.05, 3.63) is 83.4 Å². The normalized spacial score (nSPS) is 21.4. The minimum Gasteiger partial charge on any atom is -0.378 e. The Morgan fingerprint density at radius 1 is 0.935 bits per heavy atom. The van der Waals surface area contributed by atoms with Crippen LogP contribution >= 0.6 is 11.8 Å². The van der Waals surface area contributed by atoms with Gasteiger partial charge in [0.15, 0.2) is 0 Å². The van der Waals surface area contributed by atoms with E-state index in [1.165, 1.54) is 22.4 Å². The molecule has 0 spiro atoms. The van der Waals surface area contributed by atoms with Crippen molar-refractivity contribution in [2.24, 2.45) is 0 Å². The smallest absolute Gasteiger partial charge is 0.320 e. The Morgan fingerprint density at radius 3 is 2.48 bits per heavy atom. The Kier molecular flexibility index (Phi) is 6.00. The van der Waals surface area contributed by atoms with Crippen molar-refractivity contribution in [2.75, 3.05) is 44.3 Å². The molecule has 6 heteroatoms. The number of hydrogen-bond donors (Lipinski definition) is 0. The number of carbonyl (C=O) groups is 1. The largest absolute Gasteiger partial charge is 0.378 e. The molecule has 5 nitrogen and oxygen atoms in total. The van der Waals surface area contributed by atoms with E-state index in [1.54, 1.807) is 0 Å². The highest BCUT2D eigenvalue weighted by Gasteiger charge is 2.28. The first-order valence-corrected chi connectivity index (χ1v) is 11.8. The number of nitrogens with zero attached hydrogens (tertiary/aromatic N) is 3. The molecule has 1 fully saturated rings. The number of ether oxygens (including phenoxy) is 1. The van der Waals surface area contributed by atoms with Gasteiger partial charge < -0.3 is 19.4 Å². The van der Waals surface area contributed by atoms with Crippen molar-refractivity contribution < 1.29 is 9.53 Å². The summed E-state index contributed by atoms with van der Waals surface area (Å²) in [4.78, 5) is 19.0. The number of hydrogen-bond acceptors (Lipinski definition) is 4. The second kappa shape index (κ2) is 9.20. The van der Waals surface area contributed by atoms with Gasteiger partial charge in [0.05, 0.1) is 13.2 Å². The average Bonchev–Trinajstić information content (AvgIpc) is 3.35. The topological polar surface area (TPSA) is 36.0 Å². The lowest BCUT2D eigenvalue weighted by Gasteiger charge is -2.35. The van der Waals surface area contributed by atoms with E-state index in [-0.39, 0.29) is 11.4 Å². The maximum absolute atomic E-state index is 12.8. The highest BCUT2D eigenvalue weighted by Crippen LogP contribution is 2.44. The predicted octanol–water partition coefficient (Wildman–Crippen LogP) is 4.95. The summed E-state index contributed by atoms with van der Waals surface area (Å²) in [5, 5.41) is 2.41. The van der Waals surface area contributed by atoms with Crippen LogP contribution in [0.5, 0.6) is 0 Å². The van der Waals surface area contributed by atoms with Gasteiger partial charge in [0, 0.05) is 43.6 Å². The number of anilines is 1. The minimum atomic E-state index is 0.134. The summed E-state index contributed by atoms with van der Waals surface area (Å²) >= 11 is 1.83. The molecule has 0 aliphatic carbocycles. The summed E-state index contributed by atoms with van der Waals surface area (Å²) < 4.78 is 5.38. The van der Waals surface area contributed by atoms with E-state index in [2.05, 4.69) is 77.2 Å². The van der Waals surface area contributed by atoms with Crippen LogP contribution in [0.1, 0.15) is 22.9 Å². The van der Waals surface area contributed by atoms with Crippen LogP contribution in [-0.2, 0) is 4.74 Å². The third-order valence-corrected chi connectivity index (χ3v) is 7.09. The van der Waals surface area contributed by atoms with E-state index < -0.39 is 0 Å². The molecule has 31 heavy (non-hydrogen) atoms. The van der Waals surface area contributed by atoms with Crippen LogP contribution in [0.4, 0.5) is 10.5 Å². The minimum absolute atomic E-state index is 0.134. The number of amides is 2. The summed E-state index contributed by atoms with van der Waals surface area (Å²) in [6, 6.07) is 19.4. The van der Waals surface area contributed by atoms with Gasteiger partial charge in [-0.05, 0) is 29.0 Å². The van der Waals surface area contributed by atoms with Gasteiger partial charge >= 0.3 is 6.03 Å². The van der Waals surface area contributed by atoms with Crippen molar-refractivity contribution in [2.45, 2.75) is 11.8 Å². The van der Waals surface area contributed by atoms with Gasteiger partial charge in [0.2, 0.25) is 0 Å². The van der Waals surface area contributed by atoms with Crippen LogP contribution in [-0.4, -0.2) is 55.2 Å². The van der Waals surface area contributed by atoms with Crippen molar-refractivity contribution in [3.63, 3.8) is 0 Å². The first-order chi connectivity index (χ1) is 15.3. The Hall–Kier alpha value is -2.70. The van der Waals surface area contributed by atoms with Gasteiger partial charge in [-0.1, -0.05) is 54.6 Å². The van der Waals surface area contributed by atoms with Crippen molar-refractivity contribution >= 4 is 29.1 Å². The molecule has 2 aromatic carbocycles. The lowest BCUT2D eigenvalue weighted by atomic mass is 9.97. The molecule has 160 valence electrons. The molecule has 1 unspecified atom stereocenters. The van der Waals surface area contributed by atoms with E-state index in [0.717, 1.165) is 13.0 Å². The van der Waals surface area contributed by atoms with Crippen LogP contribution in [0.2, 0.25) is 0 Å². The Balaban J connectivity index is 1.36. The zero-order valence-corrected chi connectivity index (χ0v) is 18.3. The molecule has 2 amide bonds. The number of thioether (sulfide) groups is 1.